The van der Waals surface area contributed by atoms with E-state index in [1.165, 1.54) is 25.7 Å². The van der Waals surface area contributed by atoms with Crippen molar-refractivity contribution in [3.8, 4) is 5.75 Å². The van der Waals surface area contributed by atoms with Crippen LogP contribution in [0.2, 0.25) is 0 Å². The van der Waals surface area contributed by atoms with Crippen molar-refractivity contribution < 1.29 is 4.74 Å². The van der Waals surface area contributed by atoms with Crippen molar-refractivity contribution in [2.24, 2.45) is 11.7 Å². The highest BCUT2D eigenvalue weighted by molar-refractivity contribution is 5.29. The number of aromatic nitrogens is 1. The van der Waals surface area contributed by atoms with Gasteiger partial charge in [-0.15, -0.1) is 0 Å². The number of methoxy groups -OCH3 is 1. The third kappa shape index (κ3) is 2.53. The molecule has 1 atom stereocenters. The van der Waals surface area contributed by atoms with Crippen LogP contribution in [0.4, 0.5) is 0 Å². The summed E-state index contributed by atoms with van der Waals surface area (Å²) in [5, 5.41) is 0. The number of pyridine rings is 1. The number of nitrogens with two attached hydrogens (primary N) is 1. The Bertz CT molecular complexity index is 334. The molecule has 0 amide bonds. The van der Waals surface area contributed by atoms with Crippen molar-refractivity contribution in [3.05, 3.63) is 24.0 Å². The SMILES string of the molecule is COc1cccnc1C(N)CC1CCCC1. The van der Waals surface area contributed by atoms with E-state index in [0.29, 0.717) is 0 Å². The molecule has 1 fully saturated rings. The van der Waals surface area contributed by atoms with E-state index in [1.807, 2.05) is 12.1 Å². The Morgan fingerprint density at radius 3 is 2.94 bits per heavy atom. The number of ether oxygens (including phenoxy) is 1. The van der Waals surface area contributed by atoms with Crippen LogP contribution in [0.1, 0.15) is 43.8 Å². The molecule has 1 aliphatic carbocycles. The fraction of sp³-hybridized carbons (Fsp3) is 0.615. The van der Waals surface area contributed by atoms with Crippen LogP contribution in [-0.4, -0.2) is 12.1 Å². The van der Waals surface area contributed by atoms with E-state index >= 15 is 0 Å². The van der Waals surface area contributed by atoms with Gasteiger partial charge in [0.15, 0.2) is 0 Å². The maximum Gasteiger partial charge on any atom is 0.141 e. The highest BCUT2D eigenvalue weighted by Gasteiger charge is 2.21. The van der Waals surface area contributed by atoms with Crippen molar-refractivity contribution in [2.45, 2.75) is 38.1 Å². The Kier molecular flexibility index (Phi) is 3.78. The molecule has 3 nitrogen and oxygen atoms in total. The first-order valence-corrected chi connectivity index (χ1v) is 6.05. The molecular formula is C13H20N2O. The summed E-state index contributed by atoms with van der Waals surface area (Å²) in [6, 6.07) is 3.82. The molecule has 0 aromatic carbocycles. The highest BCUT2D eigenvalue weighted by atomic mass is 16.5. The first kappa shape index (κ1) is 11.4. The number of rotatable bonds is 4. The first-order valence-electron chi connectivity index (χ1n) is 6.05. The summed E-state index contributed by atoms with van der Waals surface area (Å²) < 4.78 is 5.29. The zero-order valence-corrected chi connectivity index (χ0v) is 9.86. The highest BCUT2D eigenvalue weighted by Crippen LogP contribution is 2.33. The summed E-state index contributed by atoms with van der Waals surface area (Å²) in [6.07, 6.45) is 8.18. The van der Waals surface area contributed by atoms with Crippen LogP contribution in [0, 0.1) is 5.92 Å². The lowest BCUT2D eigenvalue weighted by Crippen LogP contribution is -2.16. The molecule has 2 N–H and O–H groups in total. The molecule has 3 heteroatoms. The van der Waals surface area contributed by atoms with Gasteiger partial charge in [-0.3, -0.25) is 4.98 Å². The van der Waals surface area contributed by atoms with Crippen LogP contribution in [0.5, 0.6) is 5.75 Å². The molecule has 1 unspecified atom stereocenters. The Morgan fingerprint density at radius 2 is 2.25 bits per heavy atom. The van der Waals surface area contributed by atoms with Crippen molar-refractivity contribution in [3.63, 3.8) is 0 Å². The second-order valence-electron chi connectivity index (χ2n) is 4.58. The van der Waals surface area contributed by atoms with Crippen LogP contribution >= 0.6 is 0 Å². The lowest BCUT2D eigenvalue weighted by atomic mass is 9.96. The van der Waals surface area contributed by atoms with Crippen LogP contribution in [0.25, 0.3) is 0 Å². The molecule has 2 rings (SSSR count). The molecule has 88 valence electrons. The first-order chi connectivity index (χ1) is 7.81. The second kappa shape index (κ2) is 5.30. The number of hydrogen-bond donors (Lipinski definition) is 1. The van der Waals surface area contributed by atoms with Gasteiger partial charge in [-0.2, -0.15) is 0 Å². The minimum absolute atomic E-state index is 0.0132. The second-order valence-corrected chi connectivity index (χ2v) is 4.58. The van der Waals surface area contributed by atoms with E-state index in [0.717, 1.165) is 23.8 Å². The van der Waals surface area contributed by atoms with Gasteiger partial charge in [0, 0.05) is 6.20 Å². The van der Waals surface area contributed by atoms with Crippen molar-refractivity contribution in [1.82, 2.24) is 4.98 Å². The largest absolute Gasteiger partial charge is 0.495 e. The summed E-state index contributed by atoms with van der Waals surface area (Å²) >= 11 is 0. The van der Waals surface area contributed by atoms with E-state index in [1.54, 1.807) is 13.3 Å². The molecule has 0 bridgehead atoms. The minimum atomic E-state index is 0.0132. The maximum atomic E-state index is 6.21. The zero-order chi connectivity index (χ0) is 11.4. The predicted octanol–water partition coefficient (Wildman–Crippen LogP) is 2.67. The van der Waals surface area contributed by atoms with Gasteiger partial charge in [-0.1, -0.05) is 25.7 Å². The molecule has 1 saturated carbocycles. The van der Waals surface area contributed by atoms with Crippen LogP contribution < -0.4 is 10.5 Å². The predicted molar refractivity (Wildman–Crippen MR) is 64.3 cm³/mol. The van der Waals surface area contributed by atoms with Gasteiger partial charge >= 0.3 is 0 Å². The fourth-order valence-corrected chi connectivity index (χ4v) is 2.57. The lowest BCUT2D eigenvalue weighted by Gasteiger charge is -2.17. The Hall–Kier alpha value is -1.09. The molecule has 16 heavy (non-hydrogen) atoms. The lowest BCUT2D eigenvalue weighted by molar-refractivity contribution is 0.388. The van der Waals surface area contributed by atoms with Gasteiger partial charge in [0.1, 0.15) is 5.75 Å². The molecule has 1 aliphatic rings. The van der Waals surface area contributed by atoms with Crippen LogP contribution in [0.15, 0.2) is 18.3 Å². The van der Waals surface area contributed by atoms with Gasteiger partial charge in [0.05, 0.1) is 18.8 Å². The van der Waals surface area contributed by atoms with E-state index in [4.69, 9.17) is 10.5 Å². The molecule has 0 saturated heterocycles. The fourth-order valence-electron chi connectivity index (χ4n) is 2.57. The Labute approximate surface area is 97.0 Å². The van der Waals surface area contributed by atoms with E-state index < -0.39 is 0 Å². The van der Waals surface area contributed by atoms with Crippen molar-refractivity contribution in [2.75, 3.05) is 7.11 Å². The summed E-state index contributed by atoms with van der Waals surface area (Å²) in [6.45, 7) is 0. The van der Waals surface area contributed by atoms with E-state index in [-0.39, 0.29) is 6.04 Å². The topological polar surface area (TPSA) is 48.1 Å². The molecule has 1 aromatic heterocycles. The van der Waals surface area contributed by atoms with Gasteiger partial charge < -0.3 is 10.5 Å². The van der Waals surface area contributed by atoms with Gasteiger partial charge in [0.2, 0.25) is 0 Å². The monoisotopic (exact) mass is 220 g/mol. The third-order valence-corrected chi connectivity index (χ3v) is 3.43. The van der Waals surface area contributed by atoms with E-state index in [2.05, 4.69) is 4.98 Å². The molecule has 0 aliphatic heterocycles. The molecule has 0 spiro atoms. The van der Waals surface area contributed by atoms with Gasteiger partial charge in [0.25, 0.3) is 0 Å². The van der Waals surface area contributed by atoms with Crippen molar-refractivity contribution in [1.29, 1.82) is 0 Å². The summed E-state index contributed by atoms with van der Waals surface area (Å²) in [4.78, 5) is 4.34. The van der Waals surface area contributed by atoms with Crippen molar-refractivity contribution >= 4 is 0 Å². The summed E-state index contributed by atoms with van der Waals surface area (Å²) in [5.41, 5.74) is 7.11. The molecule has 1 aromatic rings. The van der Waals surface area contributed by atoms with Gasteiger partial charge in [-0.25, -0.2) is 0 Å². The molecule has 1 heterocycles. The summed E-state index contributed by atoms with van der Waals surface area (Å²) in [7, 11) is 1.67. The van der Waals surface area contributed by atoms with Crippen LogP contribution in [0.3, 0.4) is 0 Å². The number of hydrogen-bond acceptors (Lipinski definition) is 3. The number of nitrogens with zero attached hydrogens (tertiary/aromatic N) is 1. The average Bonchev–Trinajstić information content (AvgIpc) is 2.81. The van der Waals surface area contributed by atoms with Gasteiger partial charge in [-0.05, 0) is 24.5 Å². The standard InChI is InChI=1S/C13H20N2O/c1-16-12-7-4-8-15-13(12)11(14)9-10-5-2-3-6-10/h4,7-8,10-11H,2-3,5-6,9,14H2,1H3. The average molecular weight is 220 g/mol. The third-order valence-electron chi connectivity index (χ3n) is 3.43. The van der Waals surface area contributed by atoms with E-state index in [9.17, 15) is 0 Å². The smallest absolute Gasteiger partial charge is 0.141 e. The molecular weight excluding hydrogens is 200 g/mol. The Balaban J connectivity index is 2.04. The van der Waals surface area contributed by atoms with Crippen LogP contribution in [-0.2, 0) is 0 Å². The summed E-state index contributed by atoms with van der Waals surface area (Å²) in [5.74, 6) is 1.59. The zero-order valence-electron chi connectivity index (χ0n) is 9.86. The Morgan fingerprint density at radius 1 is 1.50 bits per heavy atom. The minimum Gasteiger partial charge on any atom is -0.495 e. The maximum absolute atomic E-state index is 6.21. The quantitative estimate of drug-likeness (QED) is 0.848. The normalized spacial score (nSPS) is 18.6. The molecule has 0 radical (unpaired) electrons.